The van der Waals surface area contributed by atoms with Gasteiger partial charge in [0.25, 0.3) is 0 Å². The molecule has 1 N–H and O–H groups in total. The molecule has 0 saturated carbocycles. The second kappa shape index (κ2) is 8.13. The van der Waals surface area contributed by atoms with Crippen molar-refractivity contribution >= 4 is 0 Å². The normalized spacial score (nSPS) is 30.0. The molecule has 0 spiro atoms. The first kappa shape index (κ1) is 15.9. The van der Waals surface area contributed by atoms with Crippen LogP contribution in [-0.2, 0) is 4.74 Å². The first-order chi connectivity index (χ1) is 8.50. The van der Waals surface area contributed by atoms with Crippen molar-refractivity contribution in [2.45, 2.75) is 52.6 Å². The lowest BCUT2D eigenvalue weighted by atomic mass is 9.90. The number of likely N-dealkylation sites (tertiary alicyclic amines) is 1. The third-order valence-electron chi connectivity index (χ3n) is 3.93. The zero-order valence-corrected chi connectivity index (χ0v) is 12.9. The zero-order chi connectivity index (χ0) is 13.5. The summed E-state index contributed by atoms with van der Waals surface area (Å²) in [7, 11) is 2.23. The molecule has 1 fully saturated rings. The van der Waals surface area contributed by atoms with Crippen LogP contribution in [0.4, 0.5) is 0 Å². The van der Waals surface area contributed by atoms with Crippen molar-refractivity contribution in [1.82, 2.24) is 10.2 Å². The molecule has 1 aliphatic rings. The summed E-state index contributed by atoms with van der Waals surface area (Å²) in [6.45, 7) is 13.1. The summed E-state index contributed by atoms with van der Waals surface area (Å²) >= 11 is 0. The molecule has 1 heterocycles. The predicted octanol–water partition coefficient (Wildman–Crippen LogP) is 2.37. The molecule has 1 saturated heterocycles. The van der Waals surface area contributed by atoms with E-state index in [-0.39, 0.29) is 0 Å². The average Bonchev–Trinajstić information content (AvgIpc) is 2.29. The van der Waals surface area contributed by atoms with Crippen LogP contribution in [-0.4, -0.2) is 50.3 Å². The molecule has 1 aliphatic heterocycles. The van der Waals surface area contributed by atoms with Crippen LogP contribution in [0, 0.1) is 11.8 Å². The molecule has 3 heteroatoms. The lowest BCUT2D eigenvalue weighted by Gasteiger charge is -2.40. The number of nitrogens with one attached hydrogen (secondary N) is 1. The minimum atomic E-state index is 0.646. The Kier molecular flexibility index (Phi) is 7.20. The Morgan fingerprint density at radius 2 is 2.06 bits per heavy atom. The van der Waals surface area contributed by atoms with Gasteiger partial charge in [0.1, 0.15) is 0 Å². The van der Waals surface area contributed by atoms with Gasteiger partial charge in [-0.2, -0.15) is 0 Å². The standard InChI is InChI=1S/C15H32N2O/c1-12(2)11-18-8-6-7-16-15-9-14(4)17(5)10-13(15)3/h12-16H,6-11H2,1-5H3. The molecule has 1 rings (SSSR count). The maximum absolute atomic E-state index is 5.60. The number of rotatable bonds is 7. The molecule has 18 heavy (non-hydrogen) atoms. The highest BCUT2D eigenvalue weighted by atomic mass is 16.5. The van der Waals surface area contributed by atoms with Crippen LogP contribution in [0.25, 0.3) is 0 Å². The smallest absolute Gasteiger partial charge is 0.0489 e. The van der Waals surface area contributed by atoms with Crippen molar-refractivity contribution in [1.29, 1.82) is 0 Å². The van der Waals surface area contributed by atoms with E-state index in [1.165, 1.54) is 13.0 Å². The Hall–Kier alpha value is -0.120. The van der Waals surface area contributed by atoms with Gasteiger partial charge < -0.3 is 15.0 Å². The van der Waals surface area contributed by atoms with Gasteiger partial charge in [-0.3, -0.25) is 0 Å². The Balaban J connectivity index is 2.08. The average molecular weight is 256 g/mol. The maximum Gasteiger partial charge on any atom is 0.0489 e. The minimum Gasteiger partial charge on any atom is -0.381 e. The van der Waals surface area contributed by atoms with Crippen LogP contribution < -0.4 is 5.32 Å². The largest absolute Gasteiger partial charge is 0.381 e. The highest BCUT2D eigenvalue weighted by molar-refractivity contribution is 4.85. The Bertz CT molecular complexity index is 221. The second-order valence-electron chi connectivity index (χ2n) is 6.38. The molecule has 3 unspecified atom stereocenters. The van der Waals surface area contributed by atoms with E-state index in [0.29, 0.717) is 18.0 Å². The number of hydrogen-bond donors (Lipinski definition) is 1. The highest BCUT2D eigenvalue weighted by Crippen LogP contribution is 2.20. The summed E-state index contributed by atoms with van der Waals surface area (Å²) in [5, 5.41) is 3.70. The quantitative estimate of drug-likeness (QED) is 0.708. The number of hydrogen-bond acceptors (Lipinski definition) is 3. The third kappa shape index (κ3) is 5.68. The fourth-order valence-electron chi connectivity index (χ4n) is 2.61. The van der Waals surface area contributed by atoms with Crippen LogP contribution in [0.3, 0.4) is 0 Å². The van der Waals surface area contributed by atoms with Crippen molar-refractivity contribution in [3.05, 3.63) is 0 Å². The Morgan fingerprint density at radius 1 is 1.33 bits per heavy atom. The van der Waals surface area contributed by atoms with E-state index >= 15 is 0 Å². The molecular formula is C15H32N2O. The molecule has 0 amide bonds. The monoisotopic (exact) mass is 256 g/mol. The molecular weight excluding hydrogens is 224 g/mol. The van der Waals surface area contributed by atoms with E-state index in [2.05, 4.69) is 45.0 Å². The number of piperidine rings is 1. The summed E-state index contributed by atoms with van der Waals surface area (Å²) in [6, 6.07) is 1.39. The molecule has 108 valence electrons. The van der Waals surface area contributed by atoms with E-state index in [1.54, 1.807) is 0 Å². The third-order valence-corrected chi connectivity index (χ3v) is 3.93. The van der Waals surface area contributed by atoms with Crippen molar-refractivity contribution in [2.75, 3.05) is 33.4 Å². The maximum atomic E-state index is 5.60. The molecule has 0 bridgehead atoms. The van der Waals surface area contributed by atoms with Gasteiger partial charge in [0.15, 0.2) is 0 Å². The van der Waals surface area contributed by atoms with E-state index in [9.17, 15) is 0 Å². The van der Waals surface area contributed by atoms with E-state index < -0.39 is 0 Å². The summed E-state index contributed by atoms with van der Waals surface area (Å²) < 4.78 is 5.60. The van der Waals surface area contributed by atoms with Crippen LogP contribution in [0.1, 0.15) is 40.5 Å². The summed E-state index contributed by atoms with van der Waals surface area (Å²) in [4.78, 5) is 2.47. The lowest BCUT2D eigenvalue weighted by molar-refractivity contribution is 0.0999. The van der Waals surface area contributed by atoms with Crippen molar-refractivity contribution in [3.63, 3.8) is 0 Å². The second-order valence-corrected chi connectivity index (χ2v) is 6.38. The molecule has 0 aromatic carbocycles. The highest BCUT2D eigenvalue weighted by Gasteiger charge is 2.28. The molecule has 0 aliphatic carbocycles. The zero-order valence-electron chi connectivity index (χ0n) is 12.9. The van der Waals surface area contributed by atoms with Gasteiger partial charge in [-0.15, -0.1) is 0 Å². The molecule has 0 aromatic rings. The van der Waals surface area contributed by atoms with Crippen LogP contribution in [0.15, 0.2) is 0 Å². The number of ether oxygens (including phenoxy) is 1. The van der Waals surface area contributed by atoms with Crippen molar-refractivity contribution in [2.24, 2.45) is 11.8 Å². The minimum absolute atomic E-state index is 0.646. The van der Waals surface area contributed by atoms with Gasteiger partial charge in [0, 0.05) is 31.8 Å². The molecule has 3 nitrogen and oxygen atoms in total. The van der Waals surface area contributed by atoms with Gasteiger partial charge in [-0.1, -0.05) is 20.8 Å². The first-order valence-corrected chi connectivity index (χ1v) is 7.52. The van der Waals surface area contributed by atoms with Crippen LogP contribution >= 0.6 is 0 Å². The van der Waals surface area contributed by atoms with Gasteiger partial charge in [0.2, 0.25) is 0 Å². The summed E-state index contributed by atoms with van der Waals surface area (Å²) in [6.07, 6.45) is 2.39. The Morgan fingerprint density at radius 3 is 2.72 bits per heavy atom. The van der Waals surface area contributed by atoms with Gasteiger partial charge in [-0.05, 0) is 45.2 Å². The number of nitrogens with zero attached hydrogens (tertiary/aromatic N) is 1. The van der Waals surface area contributed by atoms with E-state index in [1.807, 2.05) is 0 Å². The van der Waals surface area contributed by atoms with Gasteiger partial charge in [-0.25, -0.2) is 0 Å². The van der Waals surface area contributed by atoms with Gasteiger partial charge >= 0.3 is 0 Å². The topological polar surface area (TPSA) is 24.5 Å². The molecule has 0 aromatic heterocycles. The first-order valence-electron chi connectivity index (χ1n) is 7.52. The van der Waals surface area contributed by atoms with Crippen molar-refractivity contribution in [3.8, 4) is 0 Å². The molecule has 0 radical (unpaired) electrons. The SMILES string of the molecule is CC(C)COCCCNC1CC(C)N(C)CC1C. The predicted molar refractivity (Wildman–Crippen MR) is 77.9 cm³/mol. The Labute approximate surface area is 113 Å². The van der Waals surface area contributed by atoms with E-state index in [4.69, 9.17) is 4.74 Å². The lowest BCUT2D eigenvalue weighted by Crippen LogP contribution is -2.51. The molecule has 3 atom stereocenters. The fourth-order valence-corrected chi connectivity index (χ4v) is 2.61. The van der Waals surface area contributed by atoms with Crippen molar-refractivity contribution < 1.29 is 4.74 Å². The van der Waals surface area contributed by atoms with E-state index in [0.717, 1.165) is 32.1 Å². The summed E-state index contributed by atoms with van der Waals surface area (Å²) in [5.74, 6) is 1.40. The van der Waals surface area contributed by atoms with Crippen LogP contribution in [0.5, 0.6) is 0 Å². The van der Waals surface area contributed by atoms with Gasteiger partial charge in [0.05, 0.1) is 0 Å². The summed E-state index contributed by atoms with van der Waals surface area (Å²) in [5.41, 5.74) is 0. The fraction of sp³-hybridized carbons (Fsp3) is 1.00. The van der Waals surface area contributed by atoms with Crippen LogP contribution in [0.2, 0.25) is 0 Å².